The summed E-state index contributed by atoms with van der Waals surface area (Å²) in [4.78, 5) is 6.83. The van der Waals surface area contributed by atoms with Gasteiger partial charge in [0.2, 0.25) is 17.7 Å². The van der Waals surface area contributed by atoms with Gasteiger partial charge in [0.25, 0.3) is 0 Å². The first kappa shape index (κ1) is 14.8. The zero-order valence-corrected chi connectivity index (χ0v) is 14.1. The molecular formula is C17H18FN5O2. The summed E-state index contributed by atoms with van der Waals surface area (Å²) in [6, 6.07) is 4.98. The van der Waals surface area contributed by atoms with Crippen LogP contribution >= 0.6 is 0 Å². The molecule has 5 rings (SSSR count). The van der Waals surface area contributed by atoms with Crippen molar-refractivity contribution >= 4 is 17.0 Å². The van der Waals surface area contributed by atoms with Crippen LogP contribution in [0.4, 0.5) is 10.3 Å². The van der Waals surface area contributed by atoms with Gasteiger partial charge in [-0.25, -0.2) is 9.37 Å². The smallest absolute Gasteiger partial charge is 0.227 e. The van der Waals surface area contributed by atoms with Gasteiger partial charge in [-0.05, 0) is 12.1 Å². The molecule has 2 aromatic heterocycles. The van der Waals surface area contributed by atoms with Crippen LogP contribution in [0.15, 0.2) is 22.6 Å². The van der Waals surface area contributed by atoms with Crippen molar-refractivity contribution in [2.24, 2.45) is 13.0 Å². The molecule has 0 amide bonds. The van der Waals surface area contributed by atoms with Crippen molar-refractivity contribution in [3.8, 4) is 0 Å². The predicted molar refractivity (Wildman–Crippen MR) is 87.9 cm³/mol. The summed E-state index contributed by atoms with van der Waals surface area (Å²) in [6.07, 6.45) is 0. The third kappa shape index (κ3) is 1.97. The second-order valence-electron chi connectivity index (χ2n) is 6.95. The lowest BCUT2D eigenvalue weighted by atomic mass is 9.81. The Morgan fingerprint density at radius 2 is 2.20 bits per heavy atom. The third-order valence-electron chi connectivity index (χ3n) is 5.43. The van der Waals surface area contributed by atoms with E-state index in [0.29, 0.717) is 42.6 Å². The van der Waals surface area contributed by atoms with E-state index in [1.807, 2.05) is 17.7 Å². The summed E-state index contributed by atoms with van der Waals surface area (Å²) in [7, 11) is 1.85. The van der Waals surface area contributed by atoms with Gasteiger partial charge in [-0.15, -0.1) is 10.2 Å². The minimum Gasteiger partial charge on any atom is -0.425 e. The second kappa shape index (κ2) is 5.01. The van der Waals surface area contributed by atoms with Crippen LogP contribution in [0.25, 0.3) is 11.0 Å². The van der Waals surface area contributed by atoms with Gasteiger partial charge in [0.15, 0.2) is 0 Å². The van der Waals surface area contributed by atoms with Gasteiger partial charge in [0.05, 0.1) is 24.1 Å². The average molecular weight is 343 g/mol. The van der Waals surface area contributed by atoms with E-state index < -0.39 is 0 Å². The molecule has 3 aromatic rings. The summed E-state index contributed by atoms with van der Waals surface area (Å²) < 4.78 is 27.5. The van der Waals surface area contributed by atoms with Crippen LogP contribution in [-0.2, 0) is 17.2 Å². The minimum atomic E-state index is -0.321. The fourth-order valence-corrected chi connectivity index (χ4v) is 4.18. The highest BCUT2D eigenvalue weighted by atomic mass is 19.1. The first-order valence-corrected chi connectivity index (χ1v) is 8.33. The van der Waals surface area contributed by atoms with E-state index in [9.17, 15) is 4.39 Å². The lowest BCUT2D eigenvalue weighted by Crippen LogP contribution is -2.36. The minimum absolute atomic E-state index is 0.247. The Balaban J connectivity index is 1.57. The Kier molecular flexibility index (Phi) is 2.97. The number of para-hydroxylation sites is 1. The number of imidazole rings is 1. The van der Waals surface area contributed by atoms with Crippen molar-refractivity contribution in [1.82, 2.24) is 19.7 Å². The molecule has 0 aliphatic carbocycles. The van der Waals surface area contributed by atoms with Crippen LogP contribution in [0.2, 0.25) is 0 Å². The first-order chi connectivity index (χ1) is 12.1. The normalized spacial score (nSPS) is 25.9. The zero-order valence-electron chi connectivity index (χ0n) is 14.1. The van der Waals surface area contributed by atoms with Gasteiger partial charge in [-0.3, -0.25) is 0 Å². The maximum Gasteiger partial charge on any atom is 0.227 e. The molecule has 0 N–H and O–H groups in total. The molecule has 2 fully saturated rings. The van der Waals surface area contributed by atoms with Crippen LogP contribution in [0.1, 0.15) is 11.8 Å². The molecule has 0 saturated carbocycles. The van der Waals surface area contributed by atoms with E-state index in [0.717, 1.165) is 12.5 Å². The predicted octanol–water partition coefficient (Wildman–Crippen LogP) is 1.81. The van der Waals surface area contributed by atoms with E-state index in [1.54, 1.807) is 13.0 Å². The molecule has 0 radical (unpaired) electrons. The molecule has 2 aliphatic rings. The maximum absolute atomic E-state index is 14.2. The van der Waals surface area contributed by atoms with Crippen molar-refractivity contribution in [1.29, 1.82) is 0 Å². The van der Waals surface area contributed by atoms with Crippen molar-refractivity contribution < 1.29 is 13.5 Å². The number of hydrogen-bond donors (Lipinski definition) is 0. The van der Waals surface area contributed by atoms with Gasteiger partial charge in [0, 0.05) is 33.0 Å². The number of aromatic nitrogens is 4. The molecule has 130 valence electrons. The number of benzene rings is 1. The summed E-state index contributed by atoms with van der Waals surface area (Å²) >= 11 is 0. The number of nitrogens with zero attached hydrogens (tertiary/aromatic N) is 5. The van der Waals surface area contributed by atoms with E-state index in [-0.39, 0.29) is 17.2 Å². The summed E-state index contributed by atoms with van der Waals surface area (Å²) in [5.41, 5.74) is 0.861. The third-order valence-corrected chi connectivity index (χ3v) is 5.43. The fourth-order valence-electron chi connectivity index (χ4n) is 4.18. The van der Waals surface area contributed by atoms with Gasteiger partial charge in [-0.1, -0.05) is 6.07 Å². The Labute approximate surface area is 143 Å². The Morgan fingerprint density at radius 3 is 2.96 bits per heavy atom. The van der Waals surface area contributed by atoms with Gasteiger partial charge >= 0.3 is 0 Å². The molecular weight excluding hydrogens is 325 g/mol. The number of rotatable bonds is 2. The maximum atomic E-state index is 14.2. The molecule has 8 heteroatoms. The number of anilines is 1. The Bertz CT molecular complexity index is 967. The highest BCUT2D eigenvalue weighted by molar-refractivity contribution is 5.79. The Hall–Kier alpha value is -2.48. The van der Waals surface area contributed by atoms with Crippen molar-refractivity contribution in [2.75, 3.05) is 31.2 Å². The molecule has 7 nitrogen and oxygen atoms in total. The molecule has 2 atom stereocenters. The van der Waals surface area contributed by atoms with Crippen LogP contribution in [0, 0.1) is 18.7 Å². The van der Waals surface area contributed by atoms with E-state index in [4.69, 9.17) is 9.15 Å². The number of hydrogen-bond acceptors (Lipinski definition) is 6. The van der Waals surface area contributed by atoms with E-state index in [2.05, 4.69) is 20.1 Å². The topological polar surface area (TPSA) is 69.2 Å². The average Bonchev–Trinajstić information content (AvgIpc) is 3.29. The number of aryl methyl sites for hydroxylation is 2. The van der Waals surface area contributed by atoms with E-state index in [1.165, 1.54) is 6.07 Å². The first-order valence-electron chi connectivity index (χ1n) is 8.33. The lowest BCUT2D eigenvalue weighted by Gasteiger charge is -2.23. The van der Waals surface area contributed by atoms with Crippen LogP contribution in [-0.4, -0.2) is 46.1 Å². The van der Waals surface area contributed by atoms with Gasteiger partial charge in [-0.2, -0.15) is 0 Å². The standard InChI is InChI=1S/C17H18FN5O2/c1-10-20-21-15(25-10)17-8-23(6-11(17)7-24-9-17)16-19-13-5-3-4-12(18)14(13)22(16)2/h3-5,11H,6-9H2,1-2H3/t11-,17-/m0/s1. The van der Waals surface area contributed by atoms with Crippen LogP contribution in [0.3, 0.4) is 0 Å². The molecule has 1 aromatic carbocycles. The number of fused-ring (bicyclic) bond motifs is 2. The molecule has 2 saturated heterocycles. The highest BCUT2D eigenvalue weighted by Crippen LogP contribution is 2.44. The molecule has 25 heavy (non-hydrogen) atoms. The largest absolute Gasteiger partial charge is 0.425 e. The quantitative estimate of drug-likeness (QED) is 0.707. The molecule has 4 heterocycles. The van der Waals surface area contributed by atoms with Crippen LogP contribution < -0.4 is 4.90 Å². The molecule has 0 bridgehead atoms. The van der Waals surface area contributed by atoms with Gasteiger partial charge in [0.1, 0.15) is 11.3 Å². The van der Waals surface area contributed by atoms with E-state index >= 15 is 0 Å². The summed E-state index contributed by atoms with van der Waals surface area (Å²) in [5.74, 6) is 1.92. The molecule has 0 spiro atoms. The second-order valence-corrected chi connectivity index (χ2v) is 6.95. The Morgan fingerprint density at radius 1 is 1.32 bits per heavy atom. The van der Waals surface area contributed by atoms with Crippen molar-refractivity contribution in [3.05, 3.63) is 35.8 Å². The molecule has 2 aliphatic heterocycles. The number of halogens is 1. The van der Waals surface area contributed by atoms with Gasteiger partial charge < -0.3 is 18.6 Å². The highest BCUT2D eigenvalue weighted by Gasteiger charge is 2.56. The SMILES string of the molecule is Cc1nnc([C@@]23COC[C@@H]2CN(c2nc4cccc(F)c4n2C)C3)o1. The summed E-state index contributed by atoms with van der Waals surface area (Å²) in [5, 5.41) is 8.25. The monoisotopic (exact) mass is 343 g/mol. The van der Waals surface area contributed by atoms with Crippen molar-refractivity contribution in [2.45, 2.75) is 12.3 Å². The summed E-state index contributed by atoms with van der Waals surface area (Å²) in [6.45, 7) is 4.42. The zero-order chi connectivity index (χ0) is 17.2. The number of ether oxygens (including phenoxy) is 1. The fraction of sp³-hybridized carbons (Fsp3) is 0.471. The van der Waals surface area contributed by atoms with Crippen molar-refractivity contribution in [3.63, 3.8) is 0 Å². The van der Waals surface area contributed by atoms with Crippen LogP contribution in [0.5, 0.6) is 0 Å². The molecule has 0 unspecified atom stereocenters. The lowest BCUT2D eigenvalue weighted by molar-refractivity contribution is 0.166.